The van der Waals surface area contributed by atoms with E-state index in [2.05, 4.69) is 15.3 Å². The number of carbonyl (C=O) groups excluding carboxylic acids is 7. The lowest BCUT2D eigenvalue weighted by molar-refractivity contribution is -0.191. The van der Waals surface area contributed by atoms with Crippen LogP contribution in [-0.2, 0) is 23.9 Å². The molecular formula is C34H46Cl2F2N8O9. The Hall–Kier alpha value is -5.13. The van der Waals surface area contributed by atoms with Gasteiger partial charge in [-0.2, -0.15) is 9.59 Å². The van der Waals surface area contributed by atoms with Crippen LogP contribution in [0.3, 0.4) is 0 Å². The maximum absolute atomic E-state index is 15.1. The van der Waals surface area contributed by atoms with Gasteiger partial charge in [-0.05, 0) is 66.5 Å². The fraction of sp³-hybridized carbons (Fsp3) is 0.529. The zero-order valence-electron chi connectivity index (χ0n) is 31.3. The molecule has 0 spiro atoms. The summed E-state index contributed by atoms with van der Waals surface area (Å²) < 4.78 is 38.3. The third kappa shape index (κ3) is 17.3. The van der Waals surface area contributed by atoms with Crippen LogP contribution in [0, 0.1) is 0 Å². The Bertz CT molecular complexity index is 1700. The van der Waals surface area contributed by atoms with Gasteiger partial charge in [-0.15, -0.1) is 0 Å². The van der Waals surface area contributed by atoms with Gasteiger partial charge >= 0.3 is 18.3 Å². The Morgan fingerprint density at radius 2 is 1.22 bits per heavy atom. The van der Waals surface area contributed by atoms with Crippen molar-refractivity contribution in [1.29, 1.82) is 0 Å². The number of nitrogen functional groups attached to an aromatic ring is 1. The van der Waals surface area contributed by atoms with Crippen molar-refractivity contribution in [3.05, 3.63) is 46.0 Å². The fourth-order valence-electron chi connectivity index (χ4n) is 4.58. The van der Waals surface area contributed by atoms with Crippen LogP contribution in [0.5, 0.6) is 0 Å². The number of rotatable bonds is 4. The first kappa shape index (κ1) is 47.9. The number of anilines is 2. The molecule has 17 nitrogen and oxygen atoms in total. The van der Waals surface area contributed by atoms with E-state index in [1.165, 1.54) is 23.2 Å². The molecule has 2 aromatic heterocycles. The van der Waals surface area contributed by atoms with Gasteiger partial charge in [0.15, 0.2) is 5.67 Å². The van der Waals surface area contributed by atoms with Gasteiger partial charge in [-0.25, -0.2) is 28.3 Å². The van der Waals surface area contributed by atoms with Crippen molar-refractivity contribution in [2.75, 3.05) is 37.2 Å². The normalized spacial score (nSPS) is 15.2. The third-order valence-corrected chi connectivity index (χ3v) is 7.66. The maximum atomic E-state index is 15.1. The fourth-order valence-corrected chi connectivity index (χ4v) is 4.89. The van der Waals surface area contributed by atoms with E-state index in [0.717, 1.165) is 6.20 Å². The Morgan fingerprint density at radius 3 is 1.62 bits per heavy atom. The average molecular weight is 820 g/mol. The number of halogens is 4. The molecule has 2 fully saturated rings. The van der Waals surface area contributed by atoms with Gasteiger partial charge in [0.25, 0.3) is 17.7 Å². The second-order valence-corrected chi connectivity index (χ2v) is 14.8. The van der Waals surface area contributed by atoms with E-state index in [1.807, 2.05) is 20.8 Å². The van der Waals surface area contributed by atoms with Gasteiger partial charge in [-0.1, -0.05) is 23.2 Å². The molecule has 2 aromatic rings. The largest absolute Gasteiger partial charge is 0.444 e. The third-order valence-electron chi connectivity index (χ3n) is 7.24. The Balaban J connectivity index is 0.000000448. The Kier molecular flexibility index (Phi) is 18.4. The van der Waals surface area contributed by atoms with Crippen LogP contribution in [0.1, 0.15) is 87.9 Å². The van der Waals surface area contributed by atoms with E-state index in [0.29, 0.717) is 25.9 Å². The second-order valence-electron chi connectivity index (χ2n) is 14.0. The molecule has 2 aliphatic rings. The van der Waals surface area contributed by atoms with Crippen molar-refractivity contribution in [1.82, 2.24) is 19.8 Å². The highest BCUT2D eigenvalue weighted by molar-refractivity contribution is 6.30. The van der Waals surface area contributed by atoms with Gasteiger partial charge in [0.2, 0.25) is 0 Å². The number of primary amides is 2. The van der Waals surface area contributed by atoms with Gasteiger partial charge in [0.1, 0.15) is 27.7 Å². The number of nitrogens with one attached hydrogen (secondary N) is 1. The standard InChI is InChI=1S/C17H22ClFN4O4.C10H18FNO2.C6H6ClN3O.CO2/c1-16(2,3)27-15(26)23-6-4-17(19,5-7-23)14(25)22-11-9-21-12(18)8-10(11)13(20)24;1-10(2,3)14-9(13)12-6-4-8(11)5-7-12;7-5-1-3(6(9)11)4(8)2-10-5;2-1-3/h8-9H,4-7H2,1-3H3,(H2,20,24)(H,22,25);8H,4-7H2,1-3H3;1-2H,8H2,(H2,9,11);. The van der Waals surface area contributed by atoms with Gasteiger partial charge in [0, 0.05) is 39.0 Å². The van der Waals surface area contributed by atoms with Crippen molar-refractivity contribution in [2.24, 2.45) is 11.5 Å². The topological polar surface area (TPSA) is 260 Å². The van der Waals surface area contributed by atoms with Crippen LogP contribution < -0.4 is 22.5 Å². The maximum Gasteiger partial charge on any atom is 0.410 e. The monoisotopic (exact) mass is 818 g/mol. The van der Waals surface area contributed by atoms with E-state index in [9.17, 15) is 28.4 Å². The lowest BCUT2D eigenvalue weighted by Crippen LogP contribution is -2.51. The molecule has 0 atom stereocenters. The minimum atomic E-state index is -2.20. The quantitative estimate of drug-likeness (QED) is 0.306. The molecule has 5 amide bonds. The lowest BCUT2D eigenvalue weighted by Gasteiger charge is -2.36. The first-order valence-electron chi connectivity index (χ1n) is 16.6. The van der Waals surface area contributed by atoms with Crippen LogP contribution in [-0.4, -0.2) is 105 Å². The molecular weight excluding hydrogens is 773 g/mol. The minimum Gasteiger partial charge on any atom is -0.444 e. The van der Waals surface area contributed by atoms with Crippen LogP contribution in [0.2, 0.25) is 10.3 Å². The number of alkyl halides is 2. The molecule has 0 radical (unpaired) electrons. The van der Waals surface area contributed by atoms with Gasteiger partial charge in [-0.3, -0.25) is 14.4 Å². The number of hydrogen-bond acceptors (Lipinski definition) is 12. The smallest absolute Gasteiger partial charge is 0.410 e. The van der Waals surface area contributed by atoms with Crippen molar-refractivity contribution in [3.63, 3.8) is 0 Å². The number of aromatic nitrogens is 2. The molecule has 55 heavy (non-hydrogen) atoms. The number of hydrogen-bond donors (Lipinski definition) is 4. The van der Waals surface area contributed by atoms with Crippen molar-refractivity contribution in [2.45, 2.75) is 90.3 Å². The molecule has 0 aliphatic carbocycles. The molecule has 0 aromatic carbocycles. The number of pyridine rings is 2. The van der Waals surface area contributed by atoms with Gasteiger partial charge < -0.3 is 41.8 Å². The molecule has 4 rings (SSSR count). The summed E-state index contributed by atoms with van der Waals surface area (Å²) in [6.07, 6.45) is 1.50. The minimum absolute atomic E-state index is 0.0161. The predicted octanol–water partition coefficient (Wildman–Crippen LogP) is 4.70. The van der Waals surface area contributed by atoms with Crippen LogP contribution in [0.4, 0.5) is 29.7 Å². The summed E-state index contributed by atoms with van der Waals surface area (Å²) in [6.45, 7) is 11.7. The van der Waals surface area contributed by atoms with E-state index in [1.54, 1.807) is 25.7 Å². The molecule has 4 heterocycles. The van der Waals surface area contributed by atoms with Crippen LogP contribution in [0.15, 0.2) is 24.5 Å². The SMILES string of the molecule is CC(C)(C)OC(=O)N1CCC(F)(C(=O)Nc2cnc(Cl)cc2C(N)=O)CC1.CC(C)(C)OC(=O)N1CCC(F)CC1.NC(=O)c1cc(Cl)ncc1N.O=C=O. The molecule has 0 saturated carbocycles. The molecule has 2 saturated heterocycles. The van der Waals surface area contributed by atoms with Gasteiger partial charge in [0.05, 0.1) is 34.9 Å². The second kappa shape index (κ2) is 21.1. The zero-order valence-corrected chi connectivity index (χ0v) is 32.8. The van der Waals surface area contributed by atoms with Crippen molar-refractivity contribution >= 4 is 70.6 Å². The average Bonchev–Trinajstić information content (AvgIpc) is 3.06. The summed E-state index contributed by atoms with van der Waals surface area (Å²) in [5.41, 5.74) is 12.6. The molecule has 0 unspecified atom stereocenters. The van der Waals surface area contributed by atoms with E-state index in [4.69, 9.17) is 59.5 Å². The summed E-state index contributed by atoms with van der Waals surface area (Å²) in [5, 5.41) is 2.56. The van der Waals surface area contributed by atoms with Crippen molar-refractivity contribution in [3.8, 4) is 0 Å². The Labute approximate surface area is 326 Å². The first-order chi connectivity index (χ1) is 25.3. The highest BCUT2D eigenvalue weighted by Crippen LogP contribution is 2.30. The summed E-state index contributed by atoms with van der Waals surface area (Å²) in [4.78, 5) is 84.7. The number of amides is 5. The number of nitrogens with zero attached hydrogens (tertiary/aromatic N) is 4. The summed E-state index contributed by atoms with van der Waals surface area (Å²) in [6, 6.07) is 2.52. The number of ether oxygens (including phenoxy) is 2. The first-order valence-corrected chi connectivity index (χ1v) is 17.3. The lowest BCUT2D eigenvalue weighted by atomic mass is 9.92. The number of likely N-dealkylation sites (tertiary alicyclic amines) is 2. The van der Waals surface area contributed by atoms with Crippen LogP contribution in [0.25, 0.3) is 0 Å². The predicted molar refractivity (Wildman–Crippen MR) is 196 cm³/mol. The number of carbonyl (C=O) groups is 5. The molecule has 0 bridgehead atoms. The zero-order chi connectivity index (χ0) is 42.3. The van der Waals surface area contributed by atoms with Crippen LogP contribution >= 0.6 is 23.2 Å². The summed E-state index contributed by atoms with van der Waals surface area (Å²) in [7, 11) is 0. The number of piperidine rings is 2. The number of nitrogens with two attached hydrogens (primary N) is 3. The molecule has 304 valence electrons. The van der Waals surface area contributed by atoms with Crippen molar-refractivity contribution < 1.29 is 51.8 Å². The molecule has 7 N–H and O–H groups in total. The highest BCUT2D eigenvalue weighted by Gasteiger charge is 2.43. The summed E-state index contributed by atoms with van der Waals surface area (Å²) >= 11 is 11.2. The highest BCUT2D eigenvalue weighted by atomic mass is 35.5. The van der Waals surface area contributed by atoms with E-state index in [-0.39, 0.29) is 71.0 Å². The molecule has 2 aliphatic heterocycles. The summed E-state index contributed by atoms with van der Waals surface area (Å²) in [5.74, 6) is -2.37. The van der Waals surface area contributed by atoms with E-state index >= 15 is 4.39 Å². The molecule has 21 heteroatoms. The van der Waals surface area contributed by atoms with E-state index < -0.39 is 46.9 Å². The Morgan fingerprint density at radius 1 is 0.818 bits per heavy atom.